The number of hydrogen-bond donors (Lipinski definition) is 3. The van der Waals surface area contributed by atoms with Gasteiger partial charge in [0.15, 0.2) is 5.13 Å². The van der Waals surface area contributed by atoms with E-state index in [1.165, 1.54) is 11.3 Å². The van der Waals surface area contributed by atoms with Crippen molar-refractivity contribution in [2.75, 3.05) is 18.9 Å². The number of hydrogen-bond acceptors (Lipinski definition) is 5. The molecule has 4 nitrogen and oxygen atoms in total. The maximum atomic E-state index is 8.75. The summed E-state index contributed by atoms with van der Waals surface area (Å²) in [6.45, 7) is -0.195. The predicted octanol–water partition coefficient (Wildman–Crippen LogP) is -0.206. The van der Waals surface area contributed by atoms with Gasteiger partial charge in [-0.3, -0.25) is 0 Å². The fourth-order valence-electron chi connectivity index (χ4n) is 0.733. The highest BCUT2D eigenvalue weighted by atomic mass is 32.1. The summed E-state index contributed by atoms with van der Waals surface area (Å²) in [4.78, 5) is 3.93. The first-order valence-electron chi connectivity index (χ1n) is 3.20. The number of nitrogen functional groups attached to an aromatic ring is 1. The molecular weight excluding hydrogens is 164 g/mol. The number of nitrogens with two attached hydrogens (primary N) is 1. The highest BCUT2D eigenvalue weighted by Crippen LogP contribution is 2.18. The molecule has 0 spiro atoms. The highest BCUT2D eigenvalue weighted by Gasteiger charge is 2.11. The second kappa shape index (κ2) is 3.66. The van der Waals surface area contributed by atoms with Crippen molar-refractivity contribution in [3.8, 4) is 0 Å². The lowest BCUT2D eigenvalue weighted by Gasteiger charge is -2.05. The molecule has 0 fully saturated rings. The van der Waals surface area contributed by atoms with Crippen molar-refractivity contribution in [2.24, 2.45) is 0 Å². The van der Waals surface area contributed by atoms with Crippen molar-refractivity contribution in [3.63, 3.8) is 0 Å². The molecule has 1 rings (SSSR count). The van der Waals surface area contributed by atoms with Gasteiger partial charge in [0.2, 0.25) is 0 Å². The Morgan fingerprint density at radius 1 is 1.55 bits per heavy atom. The third-order valence-corrected chi connectivity index (χ3v) is 2.09. The van der Waals surface area contributed by atoms with Crippen LogP contribution >= 0.6 is 11.3 Å². The van der Waals surface area contributed by atoms with Crippen LogP contribution in [0.15, 0.2) is 5.38 Å². The molecule has 0 unspecified atom stereocenters. The molecular formula is C6H10N2O2S. The molecule has 0 aliphatic rings. The number of anilines is 1. The van der Waals surface area contributed by atoms with Crippen LogP contribution in [0, 0.1) is 0 Å². The molecule has 5 heteroatoms. The first kappa shape index (κ1) is 8.45. The van der Waals surface area contributed by atoms with E-state index in [1.54, 1.807) is 5.38 Å². The summed E-state index contributed by atoms with van der Waals surface area (Å²) in [5, 5.41) is 19.7. The van der Waals surface area contributed by atoms with Crippen LogP contribution in [0.25, 0.3) is 0 Å². The number of nitrogens with zero attached hydrogens (tertiary/aromatic N) is 1. The molecule has 1 aromatic rings. The van der Waals surface area contributed by atoms with E-state index in [-0.39, 0.29) is 19.1 Å². The number of thiazole rings is 1. The average Bonchev–Trinajstić information content (AvgIpc) is 2.39. The Labute approximate surface area is 68.3 Å². The third kappa shape index (κ3) is 1.89. The van der Waals surface area contributed by atoms with Crippen LogP contribution in [-0.4, -0.2) is 28.4 Å². The van der Waals surface area contributed by atoms with E-state index in [2.05, 4.69) is 4.98 Å². The first-order valence-corrected chi connectivity index (χ1v) is 4.08. The second-order valence-electron chi connectivity index (χ2n) is 2.17. The lowest BCUT2D eigenvalue weighted by molar-refractivity contribution is 0.191. The quantitative estimate of drug-likeness (QED) is 0.592. The van der Waals surface area contributed by atoms with Gasteiger partial charge in [-0.15, -0.1) is 11.3 Å². The molecule has 11 heavy (non-hydrogen) atoms. The minimum absolute atomic E-state index is 0.0975. The van der Waals surface area contributed by atoms with Crippen LogP contribution in [0.1, 0.15) is 11.6 Å². The van der Waals surface area contributed by atoms with Crippen LogP contribution in [-0.2, 0) is 0 Å². The largest absolute Gasteiger partial charge is 0.396 e. The van der Waals surface area contributed by atoms with Crippen LogP contribution in [0.4, 0.5) is 5.13 Å². The zero-order valence-electron chi connectivity index (χ0n) is 5.90. The minimum atomic E-state index is -0.288. The molecule has 1 heterocycles. The van der Waals surface area contributed by atoms with Gasteiger partial charge in [0.1, 0.15) is 0 Å². The Balaban J connectivity index is 2.73. The van der Waals surface area contributed by atoms with Gasteiger partial charge in [-0.2, -0.15) is 0 Å². The van der Waals surface area contributed by atoms with Crippen LogP contribution in [0.2, 0.25) is 0 Å². The van der Waals surface area contributed by atoms with Crippen LogP contribution in [0.3, 0.4) is 0 Å². The highest BCUT2D eigenvalue weighted by molar-refractivity contribution is 7.13. The van der Waals surface area contributed by atoms with Crippen molar-refractivity contribution in [1.82, 2.24) is 4.98 Å². The zero-order chi connectivity index (χ0) is 8.27. The maximum Gasteiger partial charge on any atom is 0.180 e. The fraction of sp³-hybridized carbons (Fsp3) is 0.500. The lowest BCUT2D eigenvalue weighted by Crippen LogP contribution is -2.09. The van der Waals surface area contributed by atoms with Crippen molar-refractivity contribution >= 4 is 16.5 Å². The molecule has 0 atom stereocenters. The third-order valence-electron chi connectivity index (χ3n) is 1.40. The number of aromatic nitrogens is 1. The van der Waals surface area contributed by atoms with E-state index >= 15 is 0 Å². The number of aliphatic hydroxyl groups is 2. The summed E-state index contributed by atoms with van der Waals surface area (Å²) in [6, 6.07) is 0. The SMILES string of the molecule is Nc1nc(C(CO)CO)cs1. The predicted molar refractivity (Wildman–Crippen MR) is 43.4 cm³/mol. The number of rotatable bonds is 3. The summed E-state index contributed by atoms with van der Waals surface area (Å²) in [6.07, 6.45) is 0. The molecule has 0 aromatic carbocycles. The first-order chi connectivity index (χ1) is 5.27. The molecule has 0 saturated carbocycles. The van der Waals surface area contributed by atoms with E-state index in [0.717, 1.165) is 0 Å². The Bertz CT molecular complexity index is 222. The Morgan fingerprint density at radius 3 is 2.55 bits per heavy atom. The summed E-state index contributed by atoms with van der Waals surface area (Å²) >= 11 is 1.31. The summed E-state index contributed by atoms with van der Waals surface area (Å²) < 4.78 is 0. The van der Waals surface area contributed by atoms with Gasteiger partial charge >= 0.3 is 0 Å². The Hall–Kier alpha value is -0.650. The van der Waals surface area contributed by atoms with Crippen LogP contribution in [0.5, 0.6) is 0 Å². The Kier molecular flexibility index (Phi) is 2.81. The molecule has 0 aliphatic heterocycles. The summed E-state index contributed by atoms with van der Waals surface area (Å²) in [5.74, 6) is -0.288. The molecule has 0 amide bonds. The van der Waals surface area contributed by atoms with Gasteiger partial charge in [0.25, 0.3) is 0 Å². The smallest absolute Gasteiger partial charge is 0.180 e. The van der Waals surface area contributed by atoms with Gasteiger partial charge in [-0.25, -0.2) is 4.98 Å². The van der Waals surface area contributed by atoms with Gasteiger partial charge < -0.3 is 15.9 Å². The van der Waals surface area contributed by atoms with Crippen molar-refractivity contribution in [1.29, 1.82) is 0 Å². The molecule has 0 saturated heterocycles. The van der Waals surface area contributed by atoms with Gasteiger partial charge in [-0.05, 0) is 0 Å². The van der Waals surface area contributed by atoms with Crippen molar-refractivity contribution < 1.29 is 10.2 Å². The van der Waals surface area contributed by atoms with Gasteiger partial charge in [0, 0.05) is 11.3 Å². The zero-order valence-corrected chi connectivity index (χ0v) is 6.71. The van der Waals surface area contributed by atoms with E-state index in [0.29, 0.717) is 10.8 Å². The van der Waals surface area contributed by atoms with E-state index < -0.39 is 0 Å². The molecule has 0 radical (unpaired) electrons. The topological polar surface area (TPSA) is 79.4 Å². The summed E-state index contributed by atoms with van der Waals surface area (Å²) in [7, 11) is 0. The van der Waals surface area contributed by atoms with Gasteiger partial charge in [0.05, 0.1) is 18.9 Å². The molecule has 0 bridgehead atoms. The van der Waals surface area contributed by atoms with E-state index in [9.17, 15) is 0 Å². The van der Waals surface area contributed by atoms with Crippen molar-refractivity contribution in [2.45, 2.75) is 5.92 Å². The van der Waals surface area contributed by atoms with Crippen LogP contribution < -0.4 is 5.73 Å². The van der Waals surface area contributed by atoms with E-state index in [4.69, 9.17) is 15.9 Å². The second-order valence-corrected chi connectivity index (χ2v) is 3.06. The molecule has 1 aromatic heterocycles. The molecule has 0 aliphatic carbocycles. The summed E-state index contributed by atoms with van der Waals surface area (Å²) in [5.41, 5.74) is 6.03. The van der Waals surface area contributed by atoms with E-state index in [1.807, 2.05) is 0 Å². The monoisotopic (exact) mass is 174 g/mol. The minimum Gasteiger partial charge on any atom is -0.396 e. The average molecular weight is 174 g/mol. The molecule has 4 N–H and O–H groups in total. The fourth-order valence-corrected chi connectivity index (χ4v) is 1.38. The number of aliphatic hydroxyl groups excluding tert-OH is 2. The maximum absolute atomic E-state index is 8.75. The normalized spacial score (nSPS) is 10.8. The molecule has 62 valence electrons. The lowest BCUT2D eigenvalue weighted by atomic mass is 10.1. The van der Waals surface area contributed by atoms with Gasteiger partial charge in [-0.1, -0.05) is 0 Å². The Morgan fingerprint density at radius 2 is 2.18 bits per heavy atom. The van der Waals surface area contributed by atoms with Crippen molar-refractivity contribution in [3.05, 3.63) is 11.1 Å². The standard InChI is InChI=1S/C6H10N2O2S/c7-6-8-5(3-11-6)4(1-9)2-10/h3-4,9-10H,1-2H2,(H2,7,8).